The van der Waals surface area contributed by atoms with E-state index in [0.717, 1.165) is 31.2 Å². The van der Waals surface area contributed by atoms with Crippen molar-refractivity contribution in [1.29, 1.82) is 0 Å². The molecule has 4 atom stereocenters. The van der Waals surface area contributed by atoms with Crippen molar-refractivity contribution in [3.05, 3.63) is 54.0 Å². The predicted octanol–water partition coefficient (Wildman–Crippen LogP) is 4.03. The van der Waals surface area contributed by atoms with Gasteiger partial charge in [0.1, 0.15) is 17.6 Å². The number of nitrogens with one attached hydrogen (secondary N) is 1. The molecule has 2 aliphatic heterocycles. The third-order valence-electron chi connectivity index (χ3n) is 6.71. The smallest absolute Gasteiger partial charge is 0.327 e. The van der Waals surface area contributed by atoms with Crippen LogP contribution in [0.5, 0.6) is 0 Å². The Hall–Kier alpha value is -2.74. The highest BCUT2D eigenvalue weighted by Crippen LogP contribution is 2.50. The van der Waals surface area contributed by atoms with E-state index in [1.165, 1.54) is 11.2 Å². The molecule has 4 amide bonds. The van der Waals surface area contributed by atoms with E-state index in [-0.39, 0.29) is 42.1 Å². The third kappa shape index (κ3) is 3.92. The molecule has 1 N–H and O–H groups in total. The fraction of sp³-hybridized carbons (Fsp3) is 0.458. The molecule has 4 unspecified atom stereocenters. The maximum Gasteiger partial charge on any atom is 0.327 e. The Morgan fingerprint density at radius 2 is 1.94 bits per heavy atom. The second-order valence-electron chi connectivity index (χ2n) is 8.86. The molecule has 1 aromatic carbocycles. The first kappa shape index (κ1) is 21.1. The number of furan rings is 1. The van der Waals surface area contributed by atoms with Gasteiger partial charge in [0, 0.05) is 10.9 Å². The number of amides is 4. The lowest BCUT2D eigenvalue weighted by Crippen LogP contribution is -2.64. The van der Waals surface area contributed by atoms with Gasteiger partial charge in [0.05, 0.1) is 18.8 Å². The van der Waals surface area contributed by atoms with Crippen LogP contribution in [0, 0.1) is 12.8 Å². The van der Waals surface area contributed by atoms with E-state index < -0.39 is 6.03 Å². The number of imide groups is 1. The highest BCUT2D eigenvalue weighted by Gasteiger charge is 2.57. The van der Waals surface area contributed by atoms with E-state index in [2.05, 4.69) is 5.32 Å². The monoisotopic (exact) mass is 453 g/mol. The number of urea groups is 1. The summed E-state index contributed by atoms with van der Waals surface area (Å²) in [6, 6.07) is 10.4. The number of aryl methyl sites for hydroxylation is 1. The molecule has 1 aromatic heterocycles. The first-order valence-electron chi connectivity index (χ1n) is 11.2. The molecular weight excluding hydrogens is 426 g/mol. The minimum Gasteiger partial charge on any atom is -0.467 e. The van der Waals surface area contributed by atoms with Gasteiger partial charge < -0.3 is 14.6 Å². The number of thioether (sulfide) groups is 1. The molecule has 7 nitrogen and oxygen atoms in total. The maximum absolute atomic E-state index is 13.5. The van der Waals surface area contributed by atoms with Crippen LogP contribution in [-0.4, -0.2) is 50.7 Å². The van der Waals surface area contributed by atoms with Crippen molar-refractivity contribution in [2.75, 3.05) is 11.9 Å². The molecule has 3 heterocycles. The quantitative estimate of drug-likeness (QED) is 0.739. The van der Waals surface area contributed by atoms with E-state index in [1.807, 2.05) is 31.2 Å². The molecule has 2 saturated heterocycles. The van der Waals surface area contributed by atoms with Crippen LogP contribution >= 0.6 is 11.8 Å². The molecule has 168 valence electrons. The van der Waals surface area contributed by atoms with E-state index in [4.69, 9.17) is 4.42 Å². The fourth-order valence-electron chi connectivity index (χ4n) is 5.18. The van der Waals surface area contributed by atoms with E-state index in [0.29, 0.717) is 16.7 Å². The molecule has 0 spiro atoms. The molecule has 3 fully saturated rings. The summed E-state index contributed by atoms with van der Waals surface area (Å²) in [5, 5.41) is 2.93. The second kappa shape index (κ2) is 8.65. The van der Waals surface area contributed by atoms with Gasteiger partial charge >= 0.3 is 6.03 Å². The number of nitrogens with zero attached hydrogens (tertiary/aromatic N) is 2. The summed E-state index contributed by atoms with van der Waals surface area (Å²) in [5.74, 6) is 0.391. The van der Waals surface area contributed by atoms with Gasteiger partial charge in [-0.25, -0.2) is 4.79 Å². The minimum absolute atomic E-state index is 0.0699. The topological polar surface area (TPSA) is 82.9 Å². The zero-order valence-electron chi connectivity index (χ0n) is 18.0. The Bertz CT molecular complexity index is 1010. The highest BCUT2D eigenvalue weighted by atomic mass is 32.2. The van der Waals surface area contributed by atoms with Gasteiger partial charge in [0.2, 0.25) is 11.8 Å². The zero-order valence-corrected chi connectivity index (χ0v) is 18.8. The summed E-state index contributed by atoms with van der Waals surface area (Å²) < 4.78 is 5.39. The average molecular weight is 454 g/mol. The first-order chi connectivity index (χ1) is 15.5. The van der Waals surface area contributed by atoms with Crippen LogP contribution in [0.25, 0.3) is 0 Å². The van der Waals surface area contributed by atoms with Crippen LogP contribution in [-0.2, 0) is 16.1 Å². The lowest BCUT2D eigenvalue weighted by atomic mass is 9.81. The van der Waals surface area contributed by atoms with Crippen LogP contribution < -0.4 is 5.32 Å². The summed E-state index contributed by atoms with van der Waals surface area (Å²) in [5.41, 5.74) is 1.80. The molecule has 2 aromatic rings. The van der Waals surface area contributed by atoms with E-state index >= 15 is 0 Å². The number of anilines is 1. The van der Waals surface area contributed by atoms with Crippen molar-refractivity contribution < 1.29 is 18.8 Å². The van der Waals surface area contributed by atoms with Gasteiger partial charge in [-0.3, -0.25) is 14.5 Å². The van der Waals surface area contributed by atoms with Crippen LogP contribution in [0.3, 0.4) is 0 Å². The third-order valence-corrected chi connectivity index (χ3v) is 8.42. The minimum atomic E-state index is -0.404. The Morgan fingerprint density at radius 3 is 2.69 bits per heavy atom. The Balaban J connectivity index is 1.40. The van der Waals surface area contributed by atoms with Gasteiger partial charge in [0.15, 0.2) is 0 Å². The summed E-state index contributed by atoms with van der Waals surface area (Å²) >= 11 is 1.69. The van der Waals surface area contributed by atoms with Crippen LogP contribution in [0.4, 0.5) is 10.5 Å². The van der Waals surface area contributed by atoms with Crippen LogP contribution in [0.15, 0.2) is 47.1 Å². The summed E-state index contributed by atoms with van der Waals surface area (Å²) in [6.45, 7) is 2.00. The number of carbonyl (C=O) groups excluding carboxylic acids is 3. The molecule has 1 saturated carbocycles. The number of benzene rings is 1. The summed E-state index contributed by atoms with van der Waals surface area (Å²) in [4.78, 5) is 42.7. The maximum atomic E-state index is 13.5. The summed E-state index contributed by atoms with van der Waals surface area (Å²) in [6.07, 6.45) is 5.84. The number of hydrogen-bond acceptors (Lipinski definition) is 5. The van der Waals surface area contributed by atoms with Crippen molar-refractivity contribution in [3.8, 4) is 0 Å². The standard InChI is InChI=1S/C24H27N3O4S/c1-15-8-10-16(11-9-15)25-20(28)14-26-21-18-6-2-3-7-19(18)32-22(21)23(29)27(24(26)30)13-17-5-4-12-31-17/h4-5,8-12,18-19,21-22H,2-3,6-7,13-14H2,1H3,(H,25,28). The number of hydrogen-bond donors (Lipinski definition) is 1. The first-order valence-corrected chi connectivity index (χ1v) is 12.1. The van der Waals surface area contributed by atoms with Crippen molar-refractivity contribution >= 4 is 35.3 Å². The Morgan fingerprint density at radius 1 is 1.16 bits per heavy atom. The molecule has 8 heteroatoms. The molecule has 3 aliphatic rings. The molecule has 1 aliphatic carbocycles. The van der Waals surface area contributed by atoms with E-state index in [9.17, 15) is 14.4 Å². The highest BCUT2D eigenvalue weighted by molar-refractivity contribution is 8.01. The van der Waals surface area contributed by atoms with Crippen molar-refractivity contribution in [2.45, 2.75) is 55.7 Å². The second-order valence-corrected chi connectivity index (χ2v) is 10.2. The molecule has 0 bridgehead atoms. The van der Waals surface area contributed by atoms with Crippen LogP contribution in [0.1, 0.15) is 37.0 Å². The van der Waals surface area contributed by atoms with Gasteiger partial charge in [-0.15, -0.1) is 11.8 Å². The number of carbonyl (C=O) groups is 3. The van der Waals surface area contributed by atoms with Crippen LogP contribution in [0.2, 0.25) is 0 Å². The molecule has 32 heavy (non-hydrogen) atoms. The summed E-state index contributed by atoms with van der Waals surface area (Å²) in [7, 11) is 0. The molecule has 5 rings (SSSR count). The van der Waals surface area contributed by atoms with Gasteiger partial charge in [0.25, 0.3) is 0 Å². The largest absolute Gasteiger partial charge is 0.467 e. The predicted molar refractivity (Wildman–Crippen MR) is 122 cm³/mol. The molecular formula is C24H27N3O4S. The Labute approximate surface area is 191 Å². The average Bonchev–Trinajstić information content (AvgIpc) is 3.44. The van der Waals surface area contributed by atoms with Gasteiger partial charge in [-0.2, -0.15) is 0 Å². The van der Waals surface area contributed by atoms with Crippen molar-refractivity contribution in [2.24, 2.45) is 5.92 Å². The number of rotatable bonds is 5. The molecule has 0 radical (unpaired) electrons. The Kier molecular flexibility index (Phi) is 5.71. The fourth-order valence-corrected chi connectivity index (χ4v) is 7.11. The van der Waals surface area contributed by atoms with E-state index in [1.54, 1.807) is 28.8 Å². The SMILES string of the molecule is Cc1ccc(NC(=O)CN2C(=O)N(Cc3ccco3)C(=O)C3SC4CCCCC4C32)cc1. The van der Waals surface area contributed by atoms with Gasteiger partial charge in [-0.05, 0) is 49.9 Å². The lowest BCUT2D eigenvalue weighted by molar-refractivity contribution is -0.134. The number of fused-ring (bicyclic) bond motifs is 3. The lowest BCUT2D eigenvalue weighted by Gasteiger charge is -2.43. The van der Waals surface area contributed by atoms with Gasteiger partial charge in [-0.1, -0.05) is 30.5 Å². The normalized spacial score (nSPS) is 27.3. The van der Waals surface area contributed by atoms with Crippen molar-refractivity contribution in [3.63, 3.8) is 0 Å². The van der Waals surface area contributed by atoms with Crippen molar-refractivity contribution in [1.82, 2.24) is 9.80 Å². The zero-order chi connectivity index (χ0) is 22.2.